The van der Waals surface area contributed by atoms with Gasteiger partial charge >= 0.3 is 0 Å². The van der Waals surface area contributed by atoms with Crippen LogP contribution in [0.5, 0.6) is 11.5 Å². The first-order valence-electron chi connectivity index (χ1n) is 12.6. The van der Waals surface area contributed by atoms with Crippen LogP contribution in [-0.2, 0) is 16.1 Å². The zero-order chi connectivity index (χ0) is 27.1. The van der Waals surface area contributed by atoms with Crippen LogP contribution in [0.3, 0.4) is 0 Å². The molecule has 1 unspecified atom stereocenters. The van der Waals surface area contributed by atoms with Crippen molar-refractivity contribution in [3.8, 4) is 11.5 Å². The maximum Gasteiger partial charge on any atom is 0.249 e. The summed E-state index contributed by atoms with van der Waals surface area (Å²) in [5.74, 6) is 1.04. The Morgan fingerprint density at radius 2 is 1.68 bits per heavy atom. The van der Waals surface area contributed by atoms with Crippen molar-refractivity contribution in [3.63, 3.8) is 0 Å². The second-order valence-electron chi connectivity index (χ2n) is 9.35. The highest BCUT2D eigenvalue weighted by Gasteiger charge is 2.33. The Bertz CT molecular complexity index is 1380. The number of anilines is 1. The topological polar surface area (TPSA) is 98.6 Å². The third kappa shape index (κ3) is 6.11. The van der Waals surface area contributed by atoms with E-state index in [0.29, 0.717) is 40.7 Å². The lowest BCUT2D eigenvalue weighted by Gasteiger charge is -2.32. The second-order valence-corrected chi connectivity index (χ2v) is 9.35. The van der Waals surface area contributed by atoms with Crippen molar-refractivity contribution in [2.75, 3.05) is 25.7 Å². The maximum atomic E-state index is 14.1. The van der Waals surface area contributed by atoms with Crippen LogP contribution in [0.25, 0.3) is 11.0 Å². The first-order chi connectivity index (χ1) is 18.4. The molecular weight excluding hydrogens is 482 g/mol. The molecule has 0 aliphatic rings. The van der Waals surface area contributed by atoms with Gasteiger partial charge in [0.2, 0.25) is 11.8 Å². The normalized spacial score (nSPS) is 11.8. The van der Waals surface area contributed by atoms with E-state index in [9.17, 15) is 9.59 Å². The molecule has 0 aliphatic carbocycles. The number of fused-ring (bicyclic) bond motifs is 1. The van der Waals surface area contributed by atoms with Gasteiger partial charge in [-0.3, -0.25) is 14.5 Å². The molecule has 9 nitrogen and oxygen atoms in total. The number of aromatic nitrogens is 3. The Morgan fingerprint density at radius 1 is 0.947 bits per heavy atom. The number of carbonyl (C=O) groups is 2. The standard InChI is InChI=1S/C29H33N5O4/c1-20(2)16-17-30-29(36)28(21-12-14-23(37-3)15-13-21)34(22-8-7-9-24(18-22)38-4)27(35)19-33-26-11-6-5-10-25(26)31-32-33/h5-15,18,20,28H,16-17,19H2,1-4H3,(H,30,36). The van der Waals surface area contributed by atoms with Gasteiger partial charge in [0.1, 0.15) is 29.6 Å². The Labute approximate surface area is 222 Å². The summed E-state index contributed by atoms with van der Waals surface area (Å²) in [6.07, 6.45) is 0.819. The fraction of sp³-hybridized carbons (Fsp3) is 0.310. The lowest BCUT2D eigenvalue weighted by atomic mass is 10.0. The van der Waals surface area contributed by atoms with E-state index in [-0.39, 0.29) is 18.4 Å². The van der Waals surface area contributed by atoms with E-state index in [0.717, 1.165) is 11.9 Å². The van der Waals surface area contributed by atoms with Crippen molar-refractivity contribution in [2.45, 2.75) is 32.9 Å². The lowest BCUT2D eigenvalue weighted by Crippen LogP contribution is -2.45. The van der Waals surface area contributed by atoms with Gasteiger partial charge in [0.05, 0.1) is 19.7 Å². The summed E-state index contributed by atoms with van der Waals surface area (Å²) in [6, 6.07) is 20.8. The first kappa shape index (κ1) is 26.7. The van der Waals surface area contributed by atoms with Gasteiger partial charge in [-0.2, -0.15) is 0 Å². The lowest BCUT2D eigenvalue weighted by molar-refractivity contribution is -0.127. The Hall–Kier alpha value is -4.40. The molecule has 4 aromatic rings. The quantitative estimate of drug-likeness (QED) is 0.318. The second kappa shape index (κ2) is 12.2. The number of methoxy groups -OCH3 is 2. The van der Waals surface area contributed by atoms with Crippen LogP contribution in [0, 0.1) is 5.92 Å². The van der Waals surface area contributed by atoms with Gasteiger partial charge < -0.3 is 14.8 Å². The van der Waals surface area contributed by atoms with Crippen molar-refractivity contribution in [1.29, 1.82) is 0 Å². The van der Waals surface area contributed by atoms with Gasteiger partial charge in [0, 0.05) is 18.3 Å². The van der Waals surface area contributed by atoms with Crippen LogP contribution in [0.4, 0.5) is 5.69 Å². The molecule has 2 amide bonds. The van der Waals surface area contributed by atoms with Gasteiger partial charge in [-0.05, 0) is 54.3 Å². The van der Waals surface area contributed by atoms with Gasteiger partial charge in [-0.15, -0.1) is 5.10 Å². The van der Waals surface area contributed by atoms with Crippen LogP contribution in [0.1, 0.15) is 31.9 Å². The van der Waals surface area contributed by atoms with E-state index < -0.39 is 6.04 Å². The summed E-state index contributed by atoms with van der Waals surface area (Å²) in [7, 11) is 3.14. The minimum Gasteiger partial charge on any atom is -0.497 e. The fourth-order valence-corrected chi connectivity index (χ4v) is 4.22. The van der Waals surface area contributed by atoms with Crippen molar-refractivity contribution >= 4 is 28.5 Å². The summed E-state index contributed by atoms with van der Waals surface area (Å²) < 4.78 is 12.3. The number of nitrogens with zero attached hydrogens (tertiary/aromatic N) is 4. The number of hydrogen-bond donors (Lipinski definition) is 1. The monoisotopic (exact) mass is 515 g/mol. The van der Waals surface area contributed by atoms with E-state index >= 15 is 0 Å². The summed E-state index contributed by atoms with van der Waals surface area (Å²) in [6.45, 7) is 4.59. The predicted molar refractivity (Wildman–Crippen MR) is 146 cm³/mol. The van der Waals surface area contributed by atoms with E-state index in [4.69, 9.17) is 9.47 Å². The third-order valence-electron chi connectivity index (χ3n) is 6.26. The molecule has 9 heteroatoms. The Kier molecular flexibility index (Phi) is 8.58. The van der Waals surface area contributed by atoms with E-state index in [2.05, 4.69) is 29.5 Å². The van der Waals surface area contributed by atoms with E-state index in [1.165, 1.54) is 4.90 Å². The number of carbonyl (C=O) groups excluding carboxylic acids is 2. The smallest absolute Gasteiger partial charge is 0.249 e. The number of benzene rings is 3. The molecule has 0 saturated heterocycles. The molecule has 0 saturated carbocycles. The number of hydrogen-bond acceptors (Lipinski definition) is 6. The van der Waals surface area contributed by atoms with Gasteiger partial charge in [-0.1, -0.05) is 49.4 Å². The van der Waals surface area contributed by atoms with Gasteiger partial charge in [-0.25, -0.2) is 4.68 Å². The minimum atomic E-state index is -0.942. The molecule has 0 bridgehead atoms. The SMILES string of the molecule is COc1ccc(C(C(=O)NCCC(C)C)N(C(=O)Cn2nnc3ccccc32)c2cccc(OC)c2)cc1. The molecule has 3 aromatic carbocycles. The van der Waals surface area contributed by atoms with E-state index in [1.54, 1.807) is 67.4 Å². The molecule has 0 fully saturated rings. The van der Waals surface area contributed by atoms with Crippen molar-refractivity contribution in [2.24, 2.45) is 5.92 Å². The highest BCUT2D eigenvalue weighted by atomic mass is 16.5. The highest BCUT2D eigenvalue weighted by molar-refractivity contribution is 6.01. The zero-order valence-corrected chi connectivity index (χ0v) is 22.1. The number of ether oxygens (including phenoxy) is 2. The molecule has 0 spiro atoms. The number of amides is 2. The van der Waals surface area contributed by atoms with Crippen LogP contribution in [-0.4, -0.2) is 47.6 Å². The number of nitrogens with one attached hydrogen (secondary N) is 1. The molecule has 0 aliphatic heterocycles. The molecule has 1 atom stereocenters. The highest BCUT2D eigenvalue weighted by Crippen LogP contribution is 2.32. The number of rotatable bonds is 11. The summed E-state index contributed by atoms with van der Waals surface area (Å²) >= 11 is 0. The summed E-state index contributed by atoms with van der Waals surface area (Å²) in [5, 5.41) is 11.4. The van der Waals surface area contributed by atoms with E-state index in [1.807, 2.05) is 24.3 Å². The molecule has 38 heavy (non-hydrogen) atoms. The van der Waals surface area contributed by atoms with Gasteiger partial charge in [0.25, 0.3) is 0 Å². The van der Waals surface area contributed by atoms with Crippen LogP contribution < -0.4 is 19.7 Å². The van der Waals surface area contributed by atoms with Crippen LogP contribution in [0.15, 0.2) is 72.8 Å². The third-order valence-corrected chi connectivity index (χ3v) is 6.26. The Balaban J connectivity index is 1.78. The predicted octanol–water partition coefficient (Wildman–Crippen LogP) is 4.39. The summed E-state index contributed by atoms with van der Waals surface area (Å²) in [4.78, 5) is 29.3. The number of para-hydroxylation sites is 1. The minimum absolute atomic E-state index is 0.107. The molecule has 1 aromatic heterocycles. The van der Waals surface area contributed by atoms with Crippen molar-refractivity contribution < 1.29 is 19.1 Å². The molecule has 198 valence electrons. The molecule has 1 heterocycles. The van der Waals surface area contributed by atoms with Crippen molar-refractivity contribution in [3.05, 3.63) is 78.4 Å². The van der Waals surface area contributed by atoms with Gasteiger partial charge in [0.15, 0.2) is 0 Å². The molecule has 4 rings (SSSR count). The molecule has 1 N–H and O–H groups in total. The largest absolute Gasteiger partial charge is 0.497 e. The average molecular weight is 516 g/mol. The summed E-state index contributed by atoms with van der Waals surface area (Å²) in [5.41, 5.74) is 2.59. The molecular formula is C29H33N5O4. The van der Waals surface area contributed by atoms with Crippen LogP contribution in [0.2, 0.25) is 0 Å². The zero-order valence-electron chi connectivity index (χ0n) is 22.1. The van der Waals surface area contributed by atoms with Crippen LogP contribution >= 0.6 is 0 Å². The average Bonchev–Trinajstić information content (AvgIpc) is 3.34. The molecule has 0 radical (unpaired) electrons. The Morgan fingerprint density at radius 3 is 2.39 bits per heavy atom. The van der Waals surface area contributed by atoms with Crippen molar-refractivity contribution in [1.82, 2.24) is 20.3 Å². The maximum absolute atomic E-state index is 14.1. The first-order valence-corrected chi connectivity index (χ1v) is 12.6. The fourth-order valence-electron chi connectivity index (χ4n) is 4.22.